The highest BCUT2D eigenvalue weighted by Crippen LogP contribution is 2.40. The van der Waals surface area contributed by atoms with Crippen LogP contribution in [0, 0.1) is 0 Å². The van der Waals surface area contributed by atoms with E-state index in [9.17, 15) is 0 Å². The summed E-state index contributed by atoms with van der Waals surface area (Å²) in [5, 5.41) is 0. The van der Waals surface area contributed by atoms with Crippen molar-refractivity contribution < 1.29 is 14.2 Å². The summed E-state index contributed by atoms with van der Waals surface area (Å²) in [6.45, 7) is 2.87. The van der Waals surface area contributed by atoms with Gasteiger partial charge in [-0.25, -0.2) is 0 Å². The van der Waals surface area contributed by atoms with Crippen LogP contribution in [0.2, 0.25) is 0 Å². The van der Waals surface area contributed by atoms with Gasteiger partial charge in [-0.1, -0.05) is 28.9 Å². The van der Waals surface area contributed by atoms with Gasteiger partial charge in [0.2, 0.25) is 0 Å². The summed E-state index contributed by atoms with van der Waals surface area (Å²) in [6, 6.07) is 5.77. The lowest BCUT2D eigenvalue weighted by molar-refractivity contribution is -0.0770. The number of rotatable bonds is 6. The maximum Gasteiger partial charge on any atom is 0.175 e. The Balaban J connectivity index is 2.05. The zero-order valence-corrected chi connectivity index (χ0v) is 14.2. The van der Waals surface area contributed by atoms with Crippen LogP contribution in [0.15, 0.2) is 22.7 Å². The predicted octanol–water partition coefficient (Wildman–Crippen LogP) is 4.17. The molecule has 0 bridgehead atoms. The van der Waals surface area contributed by atoms with E-state index in [1.165, 1.54) is 0 Å². The third-order valence-corrected chi connectivity index (χ3v) is 4.63. The van der Waals surface area contributed by atoms with Crippen LogP contribution >= 0.6 is 31.9 Å². The van der Waals surface area contributed by atoms with Crippen LogP contribution in [-0.2, 0) is 4.74 Å². The molecule has 5 heteroatoms. The summed E-state index contributed by atoms with van der Waals surface area (Å²) in [5.74, 6) is 1.49. The van der Waals surface area contributed by atoms with Gasteiger partial charge in [0, 0.05) is 17.9 Å². The van der Waals surface area contributed by atoms with Gasteiger partial charge >= 0.3 is 0 Å². The molecule has 0 radical (unpaired) electrons. The smallest absolute Gasteiger partial charge is 0.175 e. The van der Waals surface area contributed by atoms with Crippen molar-refractivity contribution in [3.63, 3.8) is 0 Å². The average Bonchev–Trinajstić information content (AvgIpc) is 2.40. The van der Waals surface area contributed by atoms with Crippen molar-refractivity contribution in [2.45, 2.75) is 36.8 Å². The number of hydrogen-bond acceptors (Lipinski definition) is 3. The van der Waals surface area contributed by atoms with Crippen LogP contribution in [0.4, 0.5) is 0 Å². The molecular weight excluding hydrogens is 376 g/mol. The van der Waals surface area contributed by atoms with Crippen molar-refractivity contribution >= 4 is 31.9 Å². The highest BCUT2D eigenvalue weighted by Gasteiger charge is 2.42. The lowest BCUT2D eigenvalue weighted by Crippen LogP contribution is -2.52. The topological polar surface area (TPSA) is 27.7 Å². The molecule has 1 aliphatic carbocycles. The van der Waals surface area contributed by atoms with Gasteiger partial charge < -0.3 is 14.2 Å². The second kappa shape index (κ2) is 6.95. The van der Waals surface area contributed by atoms with Crippen LogP contribution in [0.25, 0.3) is 0 Å². The first-order chi connectivity index (χ1) is 9.17. The molecule has 0 aromatic heterocycles. The maximum atomic E-state index is 6.06. The summed E-state index contributed by atoms with van der Waals surface area (Å²) in [5.41, 5.74) is 0. The molecule has 106 valence electrons. The standard InChI is InChI=1S/C14H18Br2O3/c1-3-7-18-13-10(16)8-12(13)19-14-9(15)5-4-6-11(14)17-2/h4-6,10,12-13H,3,7-8H2,1-2H3. The van der Waals surface area contributed by atoms with Crippen LogP contribution in [-0.4, -0.2) is 30.8 Å². The third-order valence-electron chi connectivity index (χ3n) is 3.11. The van der Waals surface area contributed by atoms with Crippen LogP contribution < -0.4 is 9.47 Å². The molecule has 0 heterocycles. The zero-order chi connectivity index (χ0) is 13.8. The Bertz CT molecular complexity index is 425. The van der Waals surface area contributed by atoms with Crippen molar-refractivity contribution in [1.29, 1.82) is 0 Å². The van der Waals surface area contributed by atoms with Crippen LogP contribution in [0.3, 0.4) is 0 Å². The van der Waals surface area contributed by atoms with E-state index in [0.29, 0.717) is 4.83 Å². The predicted molar refractivity (Wildman–Crippen MR) is 82.5 cm³/mol. The molecule has 1 aromatic carbocycles. The average molecular weight is 394 g/mol. The molecule has 1 fully saturated rings. The summed E-state index contributed by atoms with van der Waals surface area (Å²) >= 11 is 7.12. The Hall–Kier alpha value is -0.260. The number of methoxy groups -OCH3 is 1. The Kier molecular flexibility index (Phi) is 5.54. The summed E-state index contributed by atoms with van der Waals surface area (Å²) in [7, 11) is 1.65. The zero-order valence-electron chi connectivity index (χ0n) is 11.1. The molecule has 1 aromatic rings. The first-order valence-corrected chi connectivity index (χ1v) is 8.13. The fourth-order valence-corrected chi connectivity index (χ4v) is 3.33. The molecule has 1 aliphatic rings. The molecule has 3 atom stereocenters. The van der Waals surface area contributed by atoms with Gasteiger partial charge in [0.05, 0.1) is 11.6 Å². The van der Waals surface area contributed by atoms with Crippen LogP contribution in [0.1, 0.15) is 19.8 Å². The van der Waals surface area contributed by atoms with Crippen molar-refractivity contribution in [2.75, 3.05) is 13.7 Å². The summed E-state index contributed by atoms with van der Waals surface area (Å²) in [4.78, 5) is 0.373. The van der Waals surface area contributed by atoms with Gasteiger partial charge in [-0.05, 0) is 34.5 Å². The molecule has 2 rings (SSSR count). The van der Waals surface area contributed by atoms with Crippen LogP contribution in [0.5, 0.6) is 11.5 Å². The summed E-state index contributed by atoms with van der Waals surface area (Å²) in [6.07, 6.45) is 2.14. The van der Waals surface area contributed by atoms with E-state index in [-0.39, 0.29) is 12.2 Å². The Morgan fingerprint density at radius 1 is 1.37 bits per heavy atom. The van der Waals surface area contributed by atoms with E-state index in [1.807, 2.05) is 18.2 Å². The van der Waals surface area contributed by atoms with Crippen molar-refractivity contribution in [3.8, 4) is 11.5 Å². The van der Waals surface area contributed by atoms with Gasteiger partial charge in [0.1, 0.15) is 12.2 Å². The quantitative estimate of drug-likeness (QED) is 0.679. The molecule has 3 unspecified atom stereocenters. The molecule has 0 saturated heterocycles. The van der Waals surface area contributed by atoms with E-state index < -0.39 is 0 Å². The Labute approximate surface area is 130 Å². The van der Waals surface area contributed by atoms with E-state index in [0.717, 1.165) is 35.4 Å². The van der Waals surface area contributed by atoms with Gasteiger partial charge in [0.15, 0.2) is 11.5 Å². The maximum absolute atomic E-state index is 6.06. The fraction of sp³-hybridized carbons (Fsp3) is 0.571. The first kappa shape index (κ1) is 15.1. The number of benzene rings is 1. The monoisotopic (exact) mass is 392 g/mol. The van der Waals surface area contributed by atoms with Gasteiger partial charge in [-0.2, -0.15) is 0 Å². The highest BCUT2D eigenvalue weighted by atomic mass is 79.9. The normalized spacial score (nSPS) is 25.8. The molecule has 19 heavy (non-hydrogen) atoms. The lowest BCUT2D eigenvalue weighted by atomic mass is 9.91. The van der Waals surface area contributed by atoms with Crippen molar-refractivity contribution in [1.82, 2.24) is 0 Å². The highest BCUT2D eigenvalue weighted by molar-refractivity contribution is 9.10. The number of ether oxygens (including phenoxy) is 3. The molecule has 1 saturated carbocycles. The third kappa shape index (κ3) is 3.44. The second-order valence-corrected chi connectivity index (χ2v) is 6.55. The first-order valence-electron chi connectivity index (χ1n) is 6.42. The van der Waals surface area contributed by atoms with E-state index >= 15 is 0 Å². The number of alkyl halides is 1. The minimum Gasteiger partial charge on any atom is -0.493 e. The molecular formula is C14H18Br2O3. The minimum absolute atomic E-state index is 0.0727. The molecule has 0 spiro atoms. The number of hydrogen-bond donors (Lipinski definition) is 0. The Morgan fingerprint density at radius 3 is 2.79 bits per heavy atom. The van der Waals surface area contributed by atoms with Gasteiger partial charge in [-0.3, -0.25) is 0 Å². The number of para-hydroxylation sites is 1. The largest absolute Gasteiger partial charge is 0.493 e. The van der Waals surface area contributed by atoms with Crippen molar-refractivity contribution in [2.24, 2.45) is 0 Å². The SMILES string of the molecule is CCCOC1C(Br)CC1Oc1c(Br)cccc1OC. The molecule has 0 N–H and O–H groups in total. The lowest BCUT2D eigenvalue weighted by Gasteiger charge is -2.41. The van der Waals surface area contributed by atoms with E-state index in [2.05, 4.69) is 38.8 Å². The van der Waals surface area contributed by atoms with Gasteiger partial charge in [0.25, 0.3) is 0 Å². The fourth-order valence-electron chi connectivity index (χ4n) is 2.02. The van der Waals surface area contributed by atoms with E-state index in [1.54, 1.807) is 7.11 Å². The molecule has 0 amide bonds. The van der Waals surface area contributed by atoms with E-state index in [4.69, 9.17) is 14.2 Å². The molecule has 0 aliphatic heterocycles. The Morgan fingerprint density at radius 2 is 2.16 bits per heavy atom. The van der Waals surface area contributed by atoms with Gasteiger partial charge in [-0.15, -0.1) is 0 Å². The minimum atomic E-state index is 0.0727. The number of halogens is 2. The molecule has 3 nitrogen and oxygen atoms in total. The van der Waals surface area contributed by atoms with Crippen molar-refractivity contribution in [3.05, 3.63) is 22.7 Å². The second-order valence-electron chi connectivity index (χ2n) is 4.51. The summed E-state index contributed by atoms with van der Waals surface area (Å²) < 4.78 is 18.1.